The zero-order chi connectivity index (χ0) is 18.6. The quantitative estimate of drug-likeness (QED) is 0.900. The number of ether oxygens (including phenoxy) is 1. The van der Waals surface area contributed by atoms with Crippen molar-refractivity contribution in [3.8, 4) is 5.75 Å². The van der Waals surface area contributed by atoms with E-state index in [9.17, 15) is 9.59 Å². The van der Waals surface area contributed by atoms with Gasteiger partial charge in [-0.25, -0.2) is 4.98 Å². The Morgan fingerprint density at radius 3 is 2.70 bits per heavy atom. The first-order valence-corrected chi connectivity index (χ1v) is 9.24. The predicted molar refractivity (Wildman–Crippen MR) is 103 cm³/mol. The molecule has 1 aromatic carbocycles. The third kappa shape index (κ3) is 3.86. The van der Waals surface area contributed by atoms with E-state index in [0.717, 1.165) is 18.9 Å². The van der Waals surface area contributed by atoms with Crippen molar-refractivity contribution in [2.75, 3.05) is 41.4 Å². The van der Waals surface area contributed by atoms with Crippen molar-refractivity contribution < 1.29 is 14.3 Å². The predicted octanol–water partition coefficient (Wildman–Crippen LogP) is 2.44. The molecular weight excluding hydrogens is 344 g/mol. The molecule has 1 saturated heterocycles. The lowest BCUT2D eigenvalue weighted by Crippen LogP contribution is -2.43. The van der Waals surface area contributed by atoms with Crippen LogP contribution >= 0.6 is 0 Å². The lowest BCUT2D eigenvalue weighted by molar-refractivity contribution is -0.123. The number of aromatic nitrogens is 1. The van der Waals surface area contributed by atoms with Gasteiger partial charge in [0, 0.05) is 13.1 Å². The lowest BCUT2D eigenvalue weighted by Gasteiger charge is -2.29. The molecule has 27 heavy (non-hydrogen) atoms. The summed E-state index contributed by atoms with van der Waals surface area (Å²) in [7, 11) is 0. The van der Waals surface area contributed by atoms with E-state index in [1.165, 1.54) is 24.2 Å². The Kier molecular flexibility index (Phi) is 4.91. The fourth-order valence-electron chi connectivity index (χ4n) is 3.44. The van der Waals surface area contributed by atoms with Gasteiger partial charge in [-0.05, 0) is 43.5 Å². The van der Waals surface area contributed by atoms with E-state index in [2.05, 4.69) is 15.2 Å². The van der Waals surface area contributed by atoms with Crippen LogP contribution in [0, 0.1) is 0 Å². The van der Waals surface area contributed by atoms with Gasteiger partial charge in [0.05, 0.1) is 17.6 Å². The number of carbonyl (C=O) groups is 2. The average Bonchev–Trinajstić information content (AvgIpc) is 2.71. The molecule has 7 nitrogen and oxygen atoms in total. The minimum Gasteiger partial charge on any atom is -0.482 e. The summed E-state index contributed by atoms with van der Waals surface area (Å²) >= 11 is 0. The van der Waals surface area contributed by atoms with Crippen LogP contribution in [0.2, 0.25) is 0 Å². The Balaban J connectivity index is 1.40. The molecule has 0 bridgehead atoms. The number of fused-ring (bicyclic) bond motifs is 1. The van der Waals surface area contributed by atoms with Gasteiger partial charge in [-0.1, -0.05) is 12.1 Å². The number of rotatable bonds is 4. The SMILES string of the molecule is O=C(CN1C(=O)COc2ccccc21)Nc1ccc(N2CCCCC2)nc1. The Morgan fingerprint density at radius 1 is 1.11 bits per heavy atom. The van der Waals surface area contributed by atoms with Gasteiger partial charge in [0.25, 0.3) is 5.91 Å². The molecule has 0 radical (unpaired) electrons. The maximum absolute atomic E-state index is 12.4. The second-order valence-electron chi connectivity index (χ2n) is 6.74. The molecule has 140 valence electrons. The van der Waals surface area contributed by atoms with Crippen LogP contribution in [-0.2, 0) is 9.59 Å². The second-order valence-corrected chi connectivity index (χ2v) is 6.74. The maximum atomic E-state index is 12.4. The Bertz CT molecular complexity index is 831. The minimum atomic E-state index is -0.271. The first-order valence-electron chi connectivity index (χ1n) is 9.24. The first kappa shape index (κ1) is 17.3. The van der Waals surface area contributed by atoms with Gasteiger partial charge in [0.2, 0.25) is 5.91 Å². The highest BCUT2D eigenvalue weighted by atomic mass is 16.5. The third-order valence-electron chi connectivity index (χ3n) is 4.82. The number of benzene rings is 1. The van der Waals surface area contributed by atoms with Crippen molar-refractivity contribution in [2.24, 2.45) is 0 Å². The number of nitrogens with one attached hydrogen (secondary N) is 1. The van der Waals surface area contributed by atoms with E-state index in [-0.39, 0.29) is 25.0 Å². The minimum absolute atomic E-state index is 0.0591. The summed E-state index contributed by atoms with van der Waals surface area (Å²) < 4.78 is 5.40. The maximum Gasteiger partial charge on any atom is 0.265 e. The van der Waals surface area contributed by atoms with Crippen LogP contribution in [0.25, 0.3) is 0 Å². The van der Waals surface area contributed by atoms with Gasteiger partial charge >= 0.3 is 0 Å². The molecule has 2 aliphatic rings. The number of nitrogens with zero attached hydrogens (tertiary/aromatic N) is 3. The summed E-state index contributed by atoms with van der Waals surface area (Å²) in [5.74, 6) is 1.04. The number of pyridine rings is 1. The number of para-hydroxylation sites is 2. The summed E-state index contributed by atoms with van der Waals surface area (Å²) in [6.07, 6.45) is 5.31. The van der Waals surface area contributed by atoms with Crippen molar-refractivity contribution in [3.63, 3.8) is 0 Å². The molecule has 1 aromatic heterocycles. The third-order valence-corrected chi connectivity index (χ3v) is 4.82. The molecule has 0 spiro atoms. The number of anilines is 3. The smallest absolute Gasteiger partial charge is 0.265 e. The highest BCUT2D eigenvalue weighted by Crippen LogP contribution is 2.31. The Hall–Kier alpha value is -3.09. The van der Waals surface area contributed by atoms with Crippen LogP contribution < -0.4 is 19.9 Å². The van der Waals surface area contributed by atoms with Gasteiger partial charge in [-0.3, -0.25) is 14.5 Å². The van der Waals surface area contributed by atoms with E-state index in [1.807, 2.05) is 24.3 Å². The normalized spacial score (nSPS) is 16.5. The number of piperidine rings is 1. The van der Waals surface area contributed by atoms with Crippen LogP contribution in [0.4, 0.5) is 17.2 Å². The summed E-state index contributed by atoms with van der Waals surface area (Å²) in [4.78, 5) is 32.8. The van der Waals surface area contributed by atoms with E-state index in [4.69, 9.17) is 4.74 Å². The fraction of sp³-hybridized carbons (Fsp3) is 0.350. The monoisotopic (exact) mass is 366 g/mol. The van der Waals surface area contributed by atoms with Gasteiger partial charge < -0.3 is 15.0 Å². The van der Waals surface area contributed by atoms with Crippen LogP contribution in [0.5, 0.6) is 5.75 Å². The molecule has 4 rings (SSSR count). The summed E-state index contributed by atoms with van der Waals surface area (Å²) in [6, 6.07) is 11.0. The summed E-state index contributed by atoms with van der Waals surface area (Å²) in [5.41, 5.74) is 1.23. The molecule has 1 N–H and O–H groups in total. The lowest BCUT2D eigenvalue weighted by atomic mass is 10.1. The van der Waals surface area contributed by atoms with Crippen LogP contribution in [0.3, 0.4) is 0 Å². The number of amides is 2. The van der Waals surface area contributed by atoms with Gasteiger partial charge in [-0.2, -0.15) is 0 Å². The van der Waals surface area contributed by atoms with Gasteiger partial charge in [0.1, 0.15) is 18.1 Å². The van der Waals surface area contributed by atoms with E-state index in [1.54, 1.807) is 18.3 Å². The van der Waals surface area contributed by atoms with Crippen LogP contribution in [0.15, 0.2) is 42.6 Å². The largest absolute Gasteiger partial charge is 0.482 e. The number of hydrogen-bond donors (Lipinski definition) is 1. The van der Waals surface area contributed by atoms with Gasteiger partial charge in [0.15, 0.2) is 6.61 Å². The number of hydrogen-bond acceptors (Lipinski definition) is 5. The molecule has 2 aliphatic heterocycles. The second kappa shape index (κ2) is 7.65. The van der Waals surface area contributed by atoms with E-state index in [0.29, 0.717) is 17.1 Å². The standard InChI is InChI=1S/C20H22N4O3/c25-19(13-24-16-6-2-3-7-17(16)27-14-20(24)26)22-15-8-9-18(21-12-15)23-10-4-1-5-11-23/h2-3,6-9,12H,1,4-5,10-11,13-14H2,(H,22,25). The number of carbonyl (C=O) groups excluding carboxylic acids is 2. The van der Waals surface area contributed by atoms with E-state index < -0.39 is 0 Å². The van der Waals surface area contributed by atoms with Crippen molar-refractivity contribution >= 4 is 29.0 Å². The van der Waals surface area contributed by atoms with E-state index >= 15 is 0 Å². The van der Waals surface area contributed by atoms with Crippen molar-refractivity contribution in [2.45, 2.75) is 19.3 Å². The molecule has 1 fully saturated rings. The molecule has 7 heteroatoms. The molecule has 2 aromatic rings. The summed E-state index contributed by atoms with van der Waals surface area (Å²) in [5, 5.41) is 2.82. The fourth-order valence-corrected chi connectivity index (χ4v) is 3.44. The summed E-state index contributed by atoms with van der Waals surface area (Å²) in [6.45, 7) is 1.93. The zero-order valence-electron chi connectivity index (χ0n) is 15.1. The van der Waals surface area contributed by atoms with Crippen LogP contribution in [-0.4, -0.2) is 43.0 Å². The molecule has 0 saturated carbocycles. The Morgan fingerprint density at radius 2 is 1.93 bits per heavy atom. The molecule has 0 aliphatic carbocycles. The van der Waals surface area contributed by atoms with Crippen molar-refractivity contribution in [1.29, 1.82) is 0 Å². The zero-order valence-corrected chi connectivity index (χ0v) is 15.1. The van der Waals surface area contributed by atoms with Crippen molar-refractivity contribution in [1.82, 2.24) is 4.98 Å². The van der Waals surface area contributed by atoms with Gasteiger partial charge in [-0.15, -0.1) is 0 Å². The molecular formula is C20H22N4O3. The molecule has 0 unspecified atom stereocenters. The average molecular weight is 366 g/mol. The highest BCUT2D eigenvalue weighted by Gasteiger charge is 2.27. The molecule has 3 heterocycles. The Labute approximate surface area is 157 Å². The highest BCUT2D eigenvalue weighted by molar-refractivity contribution is 6.04. The van der Waals surface area contributed by atoms with Crippen molar-refractivity contribution in [3.05, 3.63) is 42.6 Å². The molecule has 0 atom stereocenters. The van der Waals surface area contributed by atoms with Crippen LogP contribution in [0.1, 0.15) is 19.3 Å². The first-order chi connectivity index (χ1) is 13.2. The molecule has 2 amide bonds. The topological polar surface area (TPSA) is 74.8 Å².